The molecule has 162 valence electrons. The SMILES string of the molecule is CCn1nc(C(=O)Nc2cc(S(=O)(=O)NC3CC3)ccc2OC)c2ccccc2c1=O. The number of carbonyl (C=O) groups excluding carboxylic acids is 1. The molecule has 1 aliphatic carbocycles. The third kappa shape index (κ3) is 4.17. The van der Waals surface area contributed by atoms with Gasteiger partial charge in [-0.2, -0.15) is 5.10 Å². The van der Waals surface area contributed by atoms with Crippen LogP contribution >= 0.6 is 0 Å². The van der Waals surface area contributed by atoms with E-state index in [1.165, 1.54) is 30.0 Å². The predicted octanol–water partition coefficient (Wildman–Crippen LogP) is 2.12. The van der Waals surface area contributed by atoms with Crippen LogP contribution in [0.3, 0.4) is 0 Å². The number of carbonyl (C=O) groups is 1. The third-order valence-corrected chi connectivity index (χ3v) is 6.53. The summed E-state index contributed by atoms with van der Waals surface area (Å²) in [6.07, 6.45) is 1.62. The van der Waals surface area contributed by atoms with E-state index < -0.39 is 15.9 Å². The molecule has 2 aromatic carbocycles. The summed E-state index contributed by atoms with van der Waals surface area (Å²) in [6.45, 7) is 2.06. The van der Waals surface area contributed by atoms with Crippen molar-refractivity contribution in [3.05, 3.63) is 58.5 Å². The molecule has 10 heteroatoms. The molecule has 1 amide bonds. The van der Waals surface area contributed by atoms with Crippen LogP contribution in [0.15, 0.2) is 52.2 Å². The molecule has 0 spiro atoms. The van der Waals surface area contributed by atoms with Gasteiger partial charge in [0.1, 0.15) is 5.75 Å². The number of aromatic nitrogens is 2. The van der Waals surface area contributed by atoms with E-state index in [0.717, 1.165) is 12.8 Å². The van der Waals surface area contributed by atoms with Crippen LogP contribution < -0.4 is 20.3 Å². The van der Waals surface area contributed by atoms with Crippen molar-refractivity contribution in [3.63, 3.8) is 0 Å². The molecule has 31 heavy (non-hydrogen) atoms. The van der Waals surface area contributed by atoms with Crippen LogP contribution in [0.5, 0.6) is 5.75 Å². The Balaban J connectivity index is 1.74. The molecule has 1 aromatic heterocycles. The molecule has 2 N–H and O–H groups in total. The second-order valence-electron chi connectivity index (χ2n) is 7.23. The average molecular weight is 442 g/mol. The van der Waals surface area contributed by atoms with Crippen LogP contribution in [-0.4, -0.2) is 37.3 Å². The second-order valence-corrected chi connectivity index (χ2v) is 8.94. The monoisotopic (exact) mass is 442 g/mol. The molecule has 3 aromatic rings. The quantitative estimate of drug-likeness (QED) is 0.578. The summed E-state index contributed by atoms with van der Waals surface area (Å²) in [5.74, 6) is -0.284. The first-order chi connectivity index (χ1) is 14.8. The van der Waals surface area contributed by atoms with E-state index in [-0.39, 0.29) is 27.9 Å². The van der Waals surface area contributed by atoms with Gasteiger partial charge in [0.05, 0.1) is 23.1 Å². The zero-order chi connectivity index (χ0) is 22.2. The van der Waals surface area contributed by atoms with Gasteiger partial charge < -0.3 is 10.1 Å². The minimum absolute atomic E-state index is 0.0202. The number of nitrogens with zero attached hydrogens (tertiary/aromatic N) is 2. The van der Waals surface area contributed by atoms with Gasteiger partial charge in [-0.15, -0.1) is 0 Å². The number of anilines is 1. The summed E-state index contributed by atoms with van der Waals surface area (Å²) in [4.78, 5) is 25.7. The highest BCUT2D eigenvalue weighted by molar-refractivity contribution is 7.89. The van der Waals surface area contributed by atoms with Gasteiger partial charge in [0.15, 0.2) is 5.69 Å². The van der Waals surface area contributed by atoms with Gasteiger partial charge in [0, 0.05) is 18.0 Å². The molecular weight excluding hydrogens is 420 g/mol. The number of methoxy groups -OCH3 is 1. The summed E-state index contributed by atoms with van der Waals surface area (Å²) in [6, 6.07) is 10.9. The molecule has 9 nitrogen and oxygen atoms in total. The molecule has 1 fully saturated rings. The zero-order valence-electron chi connectivity index (χ0n) is 17.1. The Morgan fingerprint density at radius 3 is 2.55 bits per heavy atom. The van der Waals surface area contributed by atoms with E-state index in [1.807, 2.05) is 0 Å². The number of nitrogens with one attached hydrogen (secondary N) is 2. The number of amides is 1. The molecule has 0 atom stereocenters. The van der Waals surface area contributed by atoms with Gasteiger partial charge >= 0.3 is 0 Å². The summed E-state index contributed by atoms with van der Waals surface area (Å²) in [5.41, 5.74) is -0.0405. The fourth-order valence-corrected chi connectivity index (χ4v) is 4.57. The van der Waals surface area contributed by atoms with Crippen LogP contribution in [0.2, 0.25) is 0 Å². The van der Waals surface area contributed by atoms with Crippen LogP contribution in [-0.2, 0) is 16.6 Å². The topological polar surface area (TPSA) is 119 Å². The van der Waals surface area contributed by atoms with E-state index in [4.69, 9.17) is 4.74 Å². The lowest BCUT2D eigenvalue weighted by atomic mass is 10.1. The molecule has 0 saturated heterocycles. The normalized spacial score (nSPS) is 13.9. The second kappa shape index (κ2) is 8.12. The van der Waals surface area contributed by atoms with Crippen LogP contribution in [0.4, 0.5) is 5.69 Å². The fraction of sp³-hybridized carbons (Fsp3) is 0.286. The van der Waals surface area contributed by atoms with Gasteiger partial charge in [-0.25, -0.2) is 17.8 Å². The van der Waals surface area contributed by atoms with Crippen molar-refractivity contribution < 1.29 is 17.9 Å². The lowest BCUT2D eigenvalue weighted by Gasteiger charge is -2.14. The Labute approximate surface area is 179 Å². The minimum Gasteiger partial charge on any atom is -0.495 e. The van der Waals surface area contributed by atoms with Crippen molar-refractivity contribution in [2.45, 2.75) is 37.2 Å². The van der Waals surface area contributed by atoms with Crippen molar-refractivity contribution in [1.29, 1.82) is 0 Å². The fourth-order valence-electron chi connectivity index (χ4n) is 3.24. The number of aryl methyl sites for hydroxylation is 1. The maximum absolute atomic E-state index is 13.1. The smallest absolute Gasteiger partial charge is 0.276 e. The number of hydrogen-bond donors (Lipinski definition) is 2. The van der Waals surface area contributed by atoms with E-state index in [9.17, 15) is 18.0 Å². The largest absolute Gasteiger partial charge is 0.495 e. The highest BCUT2D eigenvalue weighted by atomic mass is 32.2. The van der Waals surface area contributed by atoms with Crippen molar-refractivity contribution in [3.8, 4) is 5.75 Å². The summed E-state index contributed by atoms with van der Waals surface area (Å²) >= 11 is 0. The minimum atomic E-state index is -3.71. The Bertz CT molecular complexity index is 1330. The molecular formula is C21H22N4O5S. The Hall–Kier alpha value is -3.24. The molecule has 0 radical (unpaired) electrons. The standard InChI is InChI=1S/C21H22N4O5S/c1-3-25-21(27)16-7-5-4-6-15(16)19(23-25)20(26)22-17-12-14(10-11-18(17)30-2)31(28,29)24-13-8-9-13/h4-7,10-13,24H,3,8-9H2,1-2H3,(H,22,26). The Morgan fingerprint density at radius 2 is 1.90 bits per heavy atom. The average Bonchev–Trinajstić information content (AvgIpc) is 3.57. The van der Waals surface area contributed by atoms with E-state index >= 15 is 0 Å². The van der Waals surface area contributed by atoms with Gasteiger partial charge in [-0.05, 0) is 44.0 Å². The van der Waals surface area contributed by atoms with Crippen molar-refractivity contribution in [1.82, 2.24) is 14.5 Å². The zero-order valence-corrected chi connectivity index (χ0v) is 17.9. The third-order valence-electron chi connectivity index (χ3n) is 5.01. The van der Waals surface area contributed by atoms with E-state index in [2.05, 4.69) is 15.1 Å². The van der Waals surface area contributed by atoms with Crippen LogP contribution in [0, 0.1) is 0 Å². The van der Waals surface area contributed by atoms with Gasteiger partial charge in [-0.3, -0.25) is 9.59 Å². The molecule has 1 heterocycles. The predicted molar refractivity (Wildman–Crippen MR) is 116 cm³/mol. The number of hydrogen-bond acceptors (Lipinski definition) is 6. The number of sulfonamides is 1. The Morgan fingerprint density at radius 1 is 1.19 bits per heavy atom. The number of benzene rings is 2. The first-order valence-corrected chi connectivity index (χ1v) is 11.3. The van der Waals surface area contributed by atoms with Gasteiger partial charge in [-0.1, -0.05) is 18.2 Å². The number of fused-ring (bicyclic) bond motifs is 1. The van der Waals surface area contributed by atoms with Crippen molar-refractivity contribution in [2.75, 3.05) is 12.4 Å². The Kier molecular flexibility index (Phi) is 5.50. The van der Waals surface area contributed by atoms with E-state index in [1.54, 1.807) is 31.2 Å². The summed E-state index contributed by atoms with van der Waals surface area (Å²) in [5, 5.41) is 7.68. The summed E-state index contributed by atoms with van der Waals surface area (Å²) < 4.78 is 34.3. The first-order valence-electron chi connectivity index (χ1n) is 9.85. The summed E-state index contributed by atoms with van der Waals surface area (Å²) in [7, 11) is -2.29. The molecule has 0 bridgehead atoms. The molecule has 0 unspecified atom stereocenters. The lowest BCUT2D eigenvalue weighted by molar-refractivity contribution is 0.102. The van der Waals surface area contributed by atoms with Gasteiger partial charge in [0.2, 0.25) is 10.0 Å². The number of ether oxygens (including phenoxy) is 1. The van der Waals surface area contributed by atoms with Gasteiger partial charge in [0.25, 0.3) is 11.5 Å². The molecule has 1 aliphatic rings. The first kappa shape index (κ1) is 21.0. The highest BCUT2D eigenvalue weighted by Crippen LogP contribution is 2.30. The maximum atomic E-state index is 13.1. The molecule has 1 saturated carbocycles. The van der Waals surface area contributed by atoms with E-state index in [0.29, 0.717) is 23.1 Å². The number of rotatable bonds is 7. The van der Waals surface area contributed by atoms with Crippen LogP contribution in [0.1, 0.15) is 30.3 Å². The van der Waals surface area contributed by atoms with Crippen LogP contribution in [0.25, 0.3) is 10.8 Å². The maximum Gasteiger partial charge on any atom is 0.276 e. The van der Waals surface area contributed by atoms with Crippen molar-refractivity contribution >= 4 is 32.4 Å². The highest BCUT2D eigenvalue weighted by Gasteiger charge is 2.28. The molecule has 0 aliphatic heterocycles. The molecule has 4 rings (SSSR count). The lowest BCUT2D eigenvalue weighted by Crippen LogP contribution is -2.27. The van der Waals surface area contributed by atoms with Crippen molar-refractivity contribution in [2.24, 2.45) is 0 Å².